The van der Waals surface area contributed by atoms with E-state index in [4.69, 9.17) is 0 Å². The quantitative estimate of drug-likeness (QED) is 0.837. The molecule has 2 heterocycles. The van der Waals surface area contributed by atoms with Crippen LogP contribution in [0.4, 0.5) is 0 Å². The highest BCUT2D eigenvalue weighted by Gasteiger charge is 2.40. The predicted octanol–water partition coefficient (Wildman–Crippen LogP) is 2.21. The predicted molar refractivity (Wildman–Crippen MR) is 76.2 cm³/mol. The van der Waals surface area contributed by atoms with Gasteiger partial charge in [-0.2, -0.15) is 0 Å². The number of nitrogens with one attached hydrogen (secondary N) is 1. The number of aryl methyl sites for hydroxylation is 1. The van der Waals surface area contributed by atoms with Gasteiger partial charge in [0.05, 0.1) is 0 Å². The van der Waals surface area contributed by atoms with E-state index < -0.39 is 0 Å². The SMILES string of the molecule is Cc1ccccc1C(=O)N1CCC2(CCNCC2)C1. The van der Waals surface area contributed by atoms with Crippen molar-refractivity contribution in [3.63, 3.8) is 0 Å². The Balaban J connectivity index is 1.74. The van der Waals surface area contributed by atoms with Crippen molar-refractivity contribution in [2.75, 3.05) is 26.2 Å². The van der Waals surface area contributed by atoms with Gasteiger partial charge in [0.2, 0.25) is 0 Å². The zero-order valence-electron chi connectivity index (χ0n) is 11.6. The monoisotopic (exact) mass is 258 g/mol. The van der Waals surface area contributed by atoms with Crippen LogP contribution in [0.25, 0.3) is 0 Å². The van der Waals surface area contributed by atoms with Crippen molar-refractivity contribution < 1.29 is 4.79 Å². The number of carbonyl (C=O) groups excluding carboxylic acids is 1. The molecule has 2 aliphatic heterocycles. The molecular formula is C16H22N2O. The van der Waals surface area contributed by atoms with Crippen LogP contribution in [0.1, 0.15) is 35.2 Å². The minimum Gasteiger partial charge on any atom is -0.338 e. The number of hydrogen-bond donors (Lipinski definition) is 1. The molecule has 1 amide bonds. The molecule has 1 spiro atoms. The Hall–Kier alpha value is -1.35. The molecule has 1 aromatic carbocycles. The molecule has 2 saturated heterocycles. The normalized spacial score (nSPS) is 21.8. The molecule has 102 valence electrons. The summed E-state index contributed by atoms with van der Waals surface area (Å²) in [7, 11) is 0. The van der Waals surface area contributed by atoms with Gasteiger partial charge in [0, 0.05) is 18.7 Å². The van der Waals surface area contributed by atoms with E-state index in [0.29, 0.717) is 5.41 Å². The Bertz CT molecular complexity index is 477. The maximum Gasteiger partial charge on any atom is 0.254 e. The van der Waals surface area contributed by atoms with Crippen LogP contribution >= 0.6 is 0 Å². The van der Waals surface area contributed by atoms with Crippen molar-refractivity contribution in [1.82, 2.24) is 10.2 Å². The second-order valence-corrected chi connectivity index (χ2v) is 6.04. The molecule has 0 saturated carbocycles. The third-order valence-electron chi connectivity index (χ3n) is 4.77. The second kappa shape index (κ2) is 4.97. The maximum atomic E-state index is 12.6. The van der Waals surface area contributed by atoms with Crippen LogP contribution in [0, 0.1) is 12.3 Å². The molecule has 1 N–H and O–H groups in total. The van der Waals surface area contributed by atoms with E-state index in [0.717, 1.165) is 37.3 Å². The van der Waals surface area contributed by atoms with Gasteiger partial charge in [0.25, 0.3) is 5.91 Å². The molecule has 0 unspecified atom stereocenters. The van der Waals surface area contributed by atoms with E-state index in [-0.39, 0.29) is 5.91 Å². The van der Waals surface area contributed by atoms with Crippen molar-refractivity contribution in [2.24, 2.45) is 5.41 Å². The third kappa shape index (κ3) is 2.39. The van der Waals surface area contributed by atoms with Gasteiger partial charge >= 0.3 is 0 Å². The zero-order valence-corrected chi connectivity index (χ0v) is 11.6. The average molecular weight is 258 g/mol. The Morgan fingerprint density at radius 3 is 2.68 bits per heavy atom. The van der Waals surface area contributed by atoms with Crippen LogP contribution < -0.4 is 5.32 Å². The largest absolute Gasteiger partial charge is 0.338 e. The van der Waals surface area contributed by atoms with E-state index >= 15 is 0 Å². The Kier molecular flexibility index (Phi) is 3.31. The lowest BCUT2D eigenvalue weighted by Gasteiger charge is -2.33. The lowest BCUT2D eigenvalue weighted by molar-refractivity contribution is 0.0761. The number of benzene rings is 1. The molecule has 1 aromatic rings. The molecule has 19 heavy (non-hydrogen) atoms. The molecule has 0 bridgehead atoms. The molecule has 2 fully saturated rings. The highest BCUT2D eigenvalue weighted by molar-refractivity contribution is 5.95. The Morgan fingerprint density at radius 2 is 1.95 bits per heavy atom. The molecule has 3 nitrogen and oxygen atoms in total. The molecule has 0 aromatic heterocycles. The Labute approximate surface area is 115 Å². The van der Waals surface area contributed by atoms with Gasteiger partial charge in [-0.1, -0.05) is 18.2 Å². The molecule has 0 atom stereocenters. The highest BCUT2D eigenvalue weighted by Crippen LogP contribution is 2.39. The molecule has 3 rings (SSSR count). The third-order valence-corrected chi connectivity index (χ3v) is 4.77. The fraction of sp³-hybridized carbons (Fsp3) is 0.562. The van der Waals surface area contributed by atoms with Gasteiger partial charge in [-0.25, -0.2) is 0 Å². The first-order valence-electron chi connectivity index (χ1n) is 7.26. The van der Waals surface area contributed by atoms with Crippen molar-refractivity contribution in [2.45, 2.75) is 26.2 Å². The van der Waals surface area contributed by atoms with Crippen LogP contribution in [0.3, 0.4) is 0 Å². The molecule has 0 aliphatic carbocycles. The van der Waals surface area contributed by atoms with E-state index in [1.807, 2.05) is 31.2 Å². The molecule has 0 radical (unpaired) electrons. The van der Waals surface area contributed by atoms with Crippen molar-refractivity contribution in [1.29, 1.82) is 0 Å². The summed E-state index contributed by atoms with van der Waals surface area (Å²) in [5, 5.41) is 3.42. The van der Waals surface area contributed by atoms with E-state index in [1.54, 1.807) is 0 Å². The summed E-state index contributed by atoms with van der Waals surface area (Å²) in [6.45, 7) is 6.09. The second-order valence-electron chi connectivity index (χ2n) is 6.04. The van der Waals surface area contributed by atoms with E-state index in [2.05, 4.69) is 10.2 Å². The topological polar surface area (TPSA) is 32.3 Å². The van der Waals surface area contributed by atoms with Crippen molar-refractivity contribution in [3.8, 4) is 0 Å². The van der Waals surface area contributed by atoms with Crippen LogP contribution in [0.15, 0.2) is 24.3 Å². The molecule has 2 aliphatic rings. The summed E-state index contributed by atoms with van der Waals surface area (Å²) in [6.07, 6.45) is 3.60. The van der Waals surface area contributed by atoms with Gasteiger partial charge in [0.15, 0.2) is 0 Å². The number of rotatable bonds is 1. The first-order valence-corrected chi connectivity index (χ1v) is 7.26. The maximum absolute atomic E-state index is 12.6. The van der Waals surface area contributed by atoms with Gasteiger partial charge in [0.1, 0.15) is 0 Å². The standard InChI is InChI=1S/C16H22N2O/c1-13-4-2-3-5-14(13)15(19)18-11-8-16(12-18)6-9-17-10-7-16/h2-5,17H,6-12H2,1H3. The van der Waals surface area contributed by atoms with Crippen LogP contribution in [-0.4, -0.2) is 37.0 Å². The number of hydrogen-bond acceptors (Lipinski definition) is 2. The van der Waals surface area contributed by atoms with Crippen molar-refractivity contribution in [3.05, 3.63) is 35.4 Å². The zero-order chi connectivity index (χ0) is 13.3. The Morgan fingerprint density at radius 1 is 1.21 bits per heavy atom. The van der Waals surface area contributed by atoms with Gasteiger partial charge in [-0.15, -0.1) is 0 Å². The lowest BCUT2D eigenvalue weighted by Crippen LogP contribution is -2.39. The fourth-order valence-corrected chi connectivity index (χ4v) is 3.46. The summed E-state index contributed by atoms with van der Waals surface area (Å²) in [5.41, 5.74) is 2.34. The number of amides is 1. The summed E-state index contributed by atoms with van der Waals surface area (Å²) in [5.74, 6) is 0.216. The number of carbonyl (C=O) groups is 1. The van der Waals surface area contributed by atoms with Gasteiger partial charge in [-0.3, -0.25) is 4.79 Å². The first-order chi connectivity index (χ1) is 9.20. The molecule has 3 heteroatoms. The minimum absolute atomic E-state index is 0.216. The van der Waals surface area contributed by atoms with Crippen LogP contribution in [0.2, 0.25) is 0 Å². The van der Waals surface area contributed by atoms with Crippen molar-refractivity contribution >= 4 is 5.91 Å². The summed E-state index contributed by atoms with van der Waals surface area (Å²) >= 11 is 0. The first kappa shape index (κ1) is 12.7. The van der Waals surface area contributed by atoms with E-state index in [9.17, 15) is 4.79 Å². The number of likely N-dealkylation sites (tertiary alicyclic amines) is 1. The van der Waals surface area contributed by atoms with Crippen LogP contribution in [0.5, 0.6) is 0 Å². The van der Waals surface area contributed by atoms with E-state index in [1.165, 1.54) is 19.3 Å². The van der Waals surface area contributed by atoms with Gasteiger partial charge < -0.3 is 10.2 Å². The highest BCUT2D eigenvalue weighted by atomic mass is 16.2. The summed E-state index contributed by atoms with van der Waals surface area (Å²) in [6, 6.07) is 7.91. The summed E-state index contributed by atoms with van der Waals surface area (Å²) in [4.78, 5) is 14.7. The fourth-order valence-electron chi connectivity index (χ4n) is 3.46. The average Bonchev–Trinajstić information content (AvgIpc) is 2.83. The smallest absolute Gasteiger partial charge is 0.254 e. The van der Waals surface area contributed by atoms with Gasteiger partial charge in [-0.05, 0) is 56.3 Å². The minimum atomic E-state index is 0.216. The number of nitrogens with zero attached hydrogens (tertiary/aromatic N) is 1. The summed E-state index contributed by atoms with van der Waals surface area (Å²) < 4.78 is 0. The number of piperidine rings is 1. The van der Waals surface area contributed by atoms with Crippen LogP contribution in [-0.2, 0) is 0 Å². The molecular weight excluding hydrogens is 236 g/mol. The lowest BCUT2D eigenvalue weighted by atomic mass is 9.78.